The first kappa shape index (κ1) is 13.2. The number of sulfone groups is 1. The zero-order chi connectivity index (χ0) is 13.9. The highest BCUT2D eigenvalue weighted by atomic mass is 32.2. The molecular weight excluding hydrogens is 260 g/mol. The van der Waals surface area contributed by atoms with Crippen LogP contribution < -0.4 is 0 Å². The van der Waals surface area contributed by atoms with E-state index in [-0.39, 0.29) is 4.90 Å². The summed E-state index contributed by atoms with van der Waals surface area (Å²) >= 11 is 0. The summed E-state index contributed by atoms with van der Waals surface area (Å²) in [7, 11) is -3.72. The van der Waals surface area contributed by atoms with Crippen LogP contribution >= 0.6 is 0 Å². The van der Waals surface area contributed by atoms with Crippen molar-refractivity contribution < 1.29 is 8.42 Å². The van der Waals surface area contributed by atoms with Gasteiger partial charge in [0.1, 0.15) is 0 Å². The maximum absolute atomic E-state index is 12.4. The van der Waals surface area contributed by atoms with Crippen molar-refractivity contribution in [1.29, 1.82) is 0 Å². The summed E-state index contributed by atoms with van der Waals surface area (Å²) in [5, 5.41) is -1.25. The number of rotatable bonds is 3. The first-order valence-electron chi connectivity index (χ1n) is 5.63. The highest BCUT2D eigenvalue weighted by molar-refractivity contribution is 7.91. The van der Waals surface area contributed by atoms with Crippen LogP contribution in [-0.4, -0.2) is 13.4 Å². The van der Waals surface area contributed by atoms with Gasteiger partial charge in [-0.15, -0.1) is 0 Å². The molecule has 1 aromatic carbocycles. The maximum Gasteiger partial charge on any atom is 0.351 e. The molecule has 0 spiro atoms. The Hall–Kier alpha value is -2.19. The zero-order valence-corrected chi connectivity index (χ0v) is 11.1. The Morgan fingerprint density at radius 2 is 1.89 bits per heavy atom. The van der Waals surface area contributed by atoms with Crippen LogP contribution in [0.1, 0.15) is 16.5 Å². The molecule has 1 heterocycles. The van der Waals surface area contributed by atoms with Gasteiger partial charge in [-0.05, 0) is 31.2 Å². The second-order valence-electron chi connectivity index (χ2n) is 4.13. The van der Waals surface area contributed by atoms with Crippen molar-refractivity contribution >= 4 is 9.84 Å². The van der Waals surface area contributed by atoms with E-state index in [9.17, 15) is 8.42 Å². The number of aromatic nitrogens is 1. The molecule has 0 amide bonds. The quantitative estimate of drug-likeness (QED) is 0.807. The van der Waals surface area contributed by atoms with Gasteiger partial charge < -0.3 is 0 Å². The van der Waals surface area contributed by atoms with Crippen molar-refractivity contribution in [3.05, 3.63) is 71.3 Å². The molecule has 0 N–H and O–H groups in total. The summed E-state index contributed by atoms with van der Waals surface area (Å²) in [6.07, 6.45) is 2.96. The van der Waals surface area contributed by atoms with Crippen molar-refractivity contribution in [2.45, 2.75) is 17.2 Å². The third kappa shape index (κ3) is 2.64. The summed E-state index contributed by atoms with van der Waals surface area (Å²) in [5.41, 5.74) is 1.36. The van der Waals surface area contributed by atoms with Gasteiger partial charge in [-0.25, -0.2) is 15.0 Å². The summed E-state index contributed by atoms with van der Waals surface area (Å²) in [5.74, 6) is 0. The molecule has 19 heavy (non-hydrogen) atoms. The molecule has 0 aliphatic heterocycles. The summed E-state index contributed by atoms with van der Waals surface area (Å²) in [4.78, 5) is 7.27. The molecule has 1 aromatic heterocycles. The van der Waals surface area contributed by atoms with Crippen molar-refractivity contribution in [1.82, 2.24) is 4.98 Å². The first-order valence-corrected chi connectivity index (χ1v) is 7.17. The van der Waals surface area contributed by atoms with Crippen LogP contribution in [0.4, 0.5) is 0 Å². The normalized spacial score (nSPS) is 12.6. The van der Waals surface area contributed by atoms with E-state index >= 15 is 0 Å². The summed E-state index contributed by atoms with van der Waals surface area (Å²) in [6.45, 7) is 9.04. The van der Waals surface area contributed by atoms with Crippen LogP contribution in [0.15, 0.2) is 53.7 Å². The van der Waals surface area contributed by atoms with Gasteiger partial charge in [-0.3, -0.25) is 9.83 Å². The van der Waals surface area contributed by atoms with Gasteiger partial charge in [0.25, 0.3) is 9.84 Å². The number of aryl methyl sites for hydroxylation is 1. The highest BCUT2D eigenvalue weighted by Crippen LogP contribution is 2.29. The SMILES string of the molecule is [C-]#[N+][C@@H](c1cccnc1)S(=O)(=O)c1ccc(C)cc1. The number of benzene rings is 1. The van der Waals surface area contributed by atoms with Gasteiger partial charge in [0.05, 0.1) is 10.5 Å². The average Bonchev–Trinajstić information content (AvgIpc) is 2.41. The Labute approximate surface area is 112 Å². The molecule has 1 atom stereocenters. The van der Waals surface area contributed by atoms with Crippen LogP contribution in [0.25, 0.3) is 4.85 Å². The zero-order valence-electron chi connectivity index (χ0n) is 10.3. The molecule has 0 saturated heterocycles. The topological polar surface area (TPSA) is 51.4 Å². The first-order chi connectivity index (χ1) is 9.05. The minimum atomic E-state index is -3.72. The molecule has 96 valence electrons. The Morgan fingerprint density at radius 1 is 1.21 bits per heavy atom. The molecule has 0 aliphatic rings. The standard InChI is InChI=1S/C14H12N2O2S/c1-11-5-7-13(8-6-11)19(17,18)14(15-2)12-4-3-9-16-10-12/h3-10,14H,1H3/t14-/m1/s1. The predicted octanol–water partition coefficient (Wildman–Crippen LogP) is 2.78. The fourth-order valence-corrected chi connectivity index (χ4v) is 3.11. The van der Waals surface area contributed by atoms with E-state index in [0.717, 1.165) is 5.56 Å². The minimum absolute atomic E-state index is 0.156. The van der Waals surface area contributed by atoms with E-state index < -0.39 is 15.2 Å². The third-order valence-corrected chi connectivity index (χ3v) is 4.62. The van der Waals surface area contributed by atoms with E-state index in [1.807, 2.05) is 6.92 Å². The molecule has 0 fully saturated rings. The summed E-state index contributed by atoms with van der Waals surface area (Å²) < 4.78 is 24.9. The van der Waals surface area contributed by atoms with Crippen LogP contribution in [0, 0.1) is 13.5 Å². The van der Waals surface area contributed by atoms with E-state index in [1.165, 1.54) is 18.3 Å². The number of hydrogen-bond donors (Lipinski definition) is 0. The van der Waals surface area contributed by atoms with Crippen molar-refractivity contribution in [3.8, 4) is 0 Å². The third-order valence-electron chi connectivity index (χ3n) is 2.73. The number of hydrogen-bond acceptors (Lipinski definition) is 3. The maximum atomic E-state index is 12.4. The molecule has 0 unspecified atom stereocenters. The van der Waals surface area contributed by atoms with Crippen LogP contribution in [0.3, 0.4) is 0 Å². The molecule has 4 nitrogen and oxygen atoms in total. The lowest BCUT2D eigenvalue weighted by molar-refractivity contribution is 0.590. The van der Waals surface area contributed by atoms with Gasteiger partial charge in [-0.2, -0.15) is 0 Å². The lowest BCUT2D eigenvalue weighted by Crippen LogP contribution is -2.10. The lowest BCUT2D eigenvalue weighted by Gasteiger charge is -2.07. The summed E-state index contributed by atoms with van der Waals surface area (Å²) in [6, 6.07) is 9.71. The molecule has 2 aromatic rings. The van der Waals surface area contributed by atoms with Gasteiger partial charge in [0.15, 0.2) is 0 Å². The van der Waals surface area contributed by atoms with Crippen LogP contribution in [-0.2, 0) is 9.84 Å². The molecule has 5 heteroatoms. The van der Waals surface area contributed by atoms with Gasteiger partial charge in [-0.1, -0.05) is 17.7 Å². The van der Waals surface area contributed by atoms with Gasteiger partial charge in [0.2, 0.25) is 0 Å². The molecule has 0 aliphatic carbocycles. The molecular formula is C14H12N2O2S. The smallest absolute Gasteiger partial charge is 0.291 e. The molecule has 0 radical (unpaired) electrons. The molecule has 2 rings (SSSR count). The minimum Gasteiger partial charge on any atom is -0.291 e. The Kier molecular flexibility index (Phi) is 3.63. The largest absolute Gasteiger partial charge is 0.351 e. The van der Waals surface area contributed by atoms with Gasteiger partial charge in [0, 0.05) is 12.4 Å². The van der Waals surface area contributed by atoms with Gasteiger partial charge >= 0.3 is 5.37 Å². The van der Waals surface area contributed by atoms with Crippen LogP contribution in [0.2, 0.25) is 0 Å². The number of nitrogens with zero attached hydrogens (tertiary/aromatic N) is 2. The fraction of sp³-hybridized carbons (Fsp3) is 0.143. The fourth-order valence-electron chi connectivity index (χ4n) is 1.70. The van der Waals surface area contributed by atoms with E-state index in [2.05, 4.69) is 9.83 Å². The molecule has 0 saturated carbocycles. The number of pyridine rings is 1. The molecule has 0 bridgehead atoms. The Bertz CT molecular complexity index is 701. The average molecular weight is 272 g/mol. The van der Waals surface area contributed by atoms with Crippen molar-refractivity contribution in [2.24, 2.45) is 0 Å². The highest BCUT2D eigenvalue weighted by Gasteiger charge is 2.34. The van der Waals surface area contributed by atoms with E-state index in [4.69, 9.17) is 6.57 Å². The van der Waals surface area contributed by atoms with Crippen LogP contribution in [0.5, 0.6) is 0 Å². The van der Waals surface area contributed by atoms with Crippen molar-refractivity contribution in [2.75, 3.05) is 0 Å². The second-order valence-corrected chi connectivity index (χ2v) is 6.13. The van der Waals surface area contributed by atoms with E-state index in [1.54, 1.807) is 30.5 Å². The second kappa shape index (κ2) is 5.21. The van der Waals surface area contributed by atoms with E-state index in [0.29, 0.717) is 5.56 Å². The van der Waals surface area contributed by atoms with Crippen molar-refractivity contribution in [3.63, 3.8) is 0 Å². The lowest BCUT2D eigenvalue weighted by atomic mass is 10.2. The monoisotopic (exact) mass is 272 g/mol. The predicted molar refractivity (Wildman–Crippen MR) is 71.9 cm³/mol. The Morgan fingerprint density at radius 3 is 2.42 bits per heavy atom. The Balaban J connectivity index is 2.49.